The molecule has 2 atom stereocenters. The standard InChI is InChI=1S/C9H18O.C2H6/c1-7-8(2)10-6-5-9(7,3)4;1-2/h7-8H,5-6H2,1-4H3;1-2H3. The summed E-state index contributed by atoms with van der Waals surface area (Å²) in [5.74, 6) is 0.696. The largest absolute Gasteiger partial charge is 0.378 e. The van der Waals surface area contributed by atoms with E-state index in [-0.39, 0.29) is 0 Å². The second kappa shape index (κ2) is 4.86. The minimum atomic E-state index is 0.448. The summed E-state index contributed by atoms with van der Waals surface area (Å²) in [5, 5.41) is 0. The summed E-state index contributed by atoms with van der Waals surface area (Å²) in [6.07, 6.45) is 1.65. The van der Waals surface area contributed by atoms with Gasteiger partial charge in [0.25, 0.3) is 0 Å². The quantitative estimate of drug-likeness (QED) is 0.543. The molecule has 1 nitrogen and oxygen atoms in total. The Morgan fingerprint density at radius 2 is 1.67 bits per heavy atom. The van der Waals surface area contributed by atoms with Crippen LogP contribution in [0.4, 0.5) is 0 Å². The van der Waals surface area contributed by atoms with Crippen molar-refractivity contribution in [2.75, 3.05) is 6.61 Å². The fraction of sp³-hybridized carbons (Fsp3) is 1.00. The van der Waals surface area contributed by atoms with Crippen LogP contribution in [0.15, 0.2) is 0 Å². The van der Waals surface area contributed by atoms with Crippen LogP contribution in [0.5, 0.6) is 0 Å². The van der Waals surface area contributed by atoms with Crippen LogP contribution in [-0.2, 0) is 4.74 Å². The van der Waals surface area contributed by atoms with E-state index in [1.165, 1.54) is 6.42 Å². The third kappa shape index (κ3) is 2.78. The Kier molecular flexibility index (Phi) is 4.84. The van der Waals surface area contributed by atoms with Crippen molar-refractivity contribution in [3.8, 4) is 0 Å². The highest BCUT2D eigenvalue weighted by Gasteiger charge is 2.33. The van der Waals surface area contributed by atoms with Gasteiger partial charge in [-0.25, -0.2) is 0 Å². The lowest BCUT2D eigenvalue weighted by atomic mass is 9.73. The van der Waals surface area contributed by atoms with E-state index in [2.05, 4.69) is 27.7 Å². The Morgan fingerprint density at radius 1 is 1.17 bits per heavy atom. The maximum absolute atomic E-state index is 5.53. The van der Waals surface area contributed by atoms with Crippen molar-refractivity contribution in [3.05, 3.63) is 0 Å². The van der Waals surface area contributed by atoms with Crippen LogP contribution >= 0.6 is 0 Å². The molecule has 0 N–H and O–H groups in total. The van der Waals surface area contributed by atoms with Gasteiger partial charge in [-0.05, 0) is 24.7 Å². The molecule has 0 bridgehead atoms. The molecule has 12 heavy (non-hydrogen) atoms. The van der Waals surface area contributed by atoms with Crippen LogP contribution < -0.4 is 0 Å². The first-order valence-electron chi connectivity index (χ1n) is 5.15. The second-order valence-electron chi connectivity index (χ2n) is 4.10. The smallest absolute Gasteiger partial charge is 0.0577 e. The number of hydrogen-bond acceptors (Lipinski definition) is 1. The Bertz CT molecular complexity index is 118. The van der Waals surface area contributed by atoms with Crippen LogP contribution in [0.3, 0.4) is 0 Å². The van der Waals surface area contributed by atoms with Gasteiger partial charge in [0.15, 0.2) is 0 Å². The van der Waals surface area contributed by atoms with E-state index in [9.17, 15) is 0 Å². The first-order valence-corrected chi connectivity index (χ1v) is 5.15. The average molecular weight is 172 g/mol. The molecule has 74 valence electrons. The molecule has 1 saturated heterocycles. The van der Waals surface area contributed by atoms with Gasteiger partial charge in [0.2, 0.25) is 0 Å². The first kappa shape index (κ1) is 12.0. The van der Waals surface area contributed by atoms with Crippen LogP contribution in [0.25, 0.3) is 0 Å². The zero-order valence-corrected chi connectivity index (χ0v) is 9.48. The summed E-state index contributed by atoms with van der Waals surface area (Å²) >= 11 is 0. The highest BCUT2D eigenvalue weighted by molar-refractivity contribution is 4.82. The third-order valence-electron chi connectivity index (χ3n) is 3.06. The number of rotatable bonds is 0. The number of ether oxygens (including phenoxy) is 1. The Morgan fingerprint density at radius 3 is 2.00 bits per heavy atom. The minimum Gasteiger partial charge on any atom is -0.378 e. The monoisotopic (exact) mass is 172 g/mol. The lowest BCUT2D eigenvalue weighted by Crippen LogP contribution is -2.38. The first-order chi connectivity index (χ1) is 5.54. The topological polar surface area (TPSA) is 9.23 Å². The van der Waals surface area contributed by atoms with Crippen molar-refractivity contribution < 1.29 is 4.74 Å². The molecule has 0 amide bonds. The van der Waals surface area contributed by atoms with Crippen LogP contribution in [0.1, 0.15) is 48.0 Å². The molecule has 0 radical (unpaired) electrons. The molecule has 0 aromatic rings. The lowest BCUT2D eigenvalue weighted by Gasteiger charge is -2.40. The molecule has 0 aliphatic carbocycles. The van der Waals surface area contributed by atoms with Crippen molar-refractivity contribution in [2.24, 2.45) is 11.3 Å². The molecule has 1 rings (SSSR count). The third-order valence-corrected chi connectivity index (χ3v) is 3.06. The summed E-state index contributed by atoms with van der Waals surface area (Å²) in [6.45, 7) is 14.1. The molecule has 1 heterocycles. The molecular weight excluding hydrogens is 148 g/mol. The summed E-state index contributed by atoms with van der Waals surface area (Å²) in [5.41, 5.74) is 0.484. The summed E-state index contributed by atoms with van der Waals surface area (Å²) < 4.78 is 5.53. The van der Waals surface area contributed by atoms with Crippen molar-refractivity contribution in [1.29, 1.82) is 0 Å². The highest BCUT2D eigenvalue weighted by Crippen LogP contribution is 2.37. The van der Waals surface area contributed by atoms with Gasteiger partial charge in [-0.1, -0.05) is 34.6 Å². The van der Waals surface area contributed by atoms with E-state index in [4.69, 9.17) is 4.74 Å². The van der Waals surface area contributed by atoms with Gasteiger partial charge in [0.1, 0.15) is 0 Å². The molecule has 1 aliphatic heterocycles. The van der Waals surface area contributed by atoms with E-state index >= 15 is 0 Å². The van der Waals surface area contributed by atoms with Crippen molar-refractivity contribution in [1.82, 2.24) is 0 Å². The van der Waals surface area contributed by atoms with E-state index in [0.717, 1.165) is 6.61 Å². The molecule has 1 fully saturated rings. The molecular formula is C11H24O. The predicted octanol–water partition coefficient (Wildman–Crippen LogP) is 3.48. The summed E-state index contributed by atoms with van der Waals surface area (Å²) in [4.78, 5) is 0. The van der Waals surface area contributed by atoms with Gasteiger partial charge in [0.05, 0.1) is 6.10 Å². The summed E-state index contributed by atoms with van der Waals surface area (Å²) in [6, 6.07) is 0. The molecule has 1 aliphatic rings. The Labute approximate surface area is 77.5 Å². The Hall–Kier alpha value is -0.0400. The van der Waals surface area contributed by atoms with E-state index < -0.39 is 0 Å². The van der Waals surface area contributed by atoms with Crippen LogP contribution in [-0.4, -0.2) is 12.7 Å². The van der Waals surface area contributed by atoms with Crippen molar-refractivity contribution >= 4 is 0 Å². The minimum absolute atomic E-state index is 0.448. The fourth-order valence-corrected chi connectivity index (χ4v) is 1.52. The van der Waals surface area contributed by atoms with Crippen LogP contribution in [0.2, 0.25) is 0 Å². The maximum atomic E-state index is 5.53. The highest BCUT2D eigenvalue weighted by atomic mass is 16.5. The molecule has 0 aromatic carbocycles. The SMILES string of the molecule is CC.CC1OCCC(C)(C)C1C. The zero-order valence-electron chi connectivity index (χ0n) is 9.48. The normalized spacial score (nSPS) is 33.5. The molecule has 0 saturated carbocycles. The molecule has 2 unspecified atom stereocenters. The van der Waals surface area contributed by atoms with Gasteiger partial charge in [0, 0.05) is 6.61 Å². The Balaban J connectivity index is 0.000000561. The molecule has 0 spiro atoms. The van der Waals surface area contributed by atoms with Gasteiger partial charge in [-0.3, -0.25) is 0 Å². The predicted molar refractivity (Wildman–Crippen MR) is 54.3 cm³/mol. The molecule has 0 aromatic heterocycles. The van der Waals surface area contributed by atoms with Gasteiger partial charge < -0.3 is 4.74 Å². The van der Waals surface area contributed by atoms with Crippen LogP contribution in [0, 0.1) is 11.3 Å². The van der Waals surface area contributed by atoms with E-state index in [0.29, 0.717) is 17.4 Å². The van der Waals surface area contributed by atoms with Gasteiger partial charge >= 0.3 is 0 Å². The fourth-order valence-electron chi connectivity index (χ4n) is 1.52. The van der Waals surface area contributed by atoms with E-state index in [1.54, 1.807) is 0 Å². The average Bonchev–Trinajstić information content (AvgIpc) is 2.04. The van der Waals surface area contributed by atoms with Gasteiger partial charge in [-0.2, -0.15) is 0 Å². The molecule has 1 heteroatoms. The maximum Gasteiger partial charge on any atom is 0.0577 e. The van der Waals surface area contributed by atoms with E-state index in [1.807, 2.05) is 13.8 Å². The summed E-state index contributed by atoms with van der Waals surface area (Å²) in [7, 11) is 0. The van der Waals surface area contributed by atoms with Crippen molar-refractivity contribution in [3.63, 3.8) is 0 Å². The van der Waals surface area contributed by atoms with Crippen molar-refractivity contribution in [2.45, 2.75) is 54.1 Å². The number of hydrogen-bond donors (Lipinski definition) is 0. The zero-order chi connectivity index (χ0) is 9.78. The van der Waals surface area contributed by atoms with Gasteiger partial charge in [-0.15, -0.1) is 0 Å². The second-order valence-corrected chi connectivity index (χ2v) is 4.10. The lowest BCUT2D eigenvalue weighted by molar-refractivity contribution is -0.0718.